The fourth-order valence-corrected chi connectivity index (χ4v) is 1.81. The highest BCUT2D eigenvalue weighted by molar-refractivity contribution is 5.86. The predicted octanol–water partition coefficient (Wildman–Crippen LogP) is 2.02. The fourth-order valence-electron chi connectivity index (χ4n) is 1.81. The van der Waals surface area contributed by atoms with E-state index in [4.69, 9.17) is 5.11 Å². The van der Waals surface area contributed by atoms with E-state index in [0.717, 1.165) is 6.07 Å². The molecule has 0 fully saturated rings. The maximum atomic E-state index is 12.4. The van der Waals surface area contributed by atoms with Gasteiger partial charge in [-0.25, -0.2) is 4.79 Å². The molecule has 0 aliphatic carbocycles. The van der Waals surface area contributed by atoms with Crippen LogP contribution in [-0.4, -0.2) is 73.0 Å². The second kappa shape index (κ2) is 8.51. The van der Waals surface area contributed by atoms with Crippen molar-refractivity contribution in [1.29, 1.82) is 0 Å². The van der Waals surface area contributed by atoms with E-state index in [2.05, 4.69) is 9.72 Å². The number of nitro groups is 1. The van der Waals surface area contributed by atoms with E-state index in [9.17, 15) is 28.1 Å². The SMILES string of the molecule is CN(C)CCN(C)c1nc(OCC(F)(F)F)c(NC(=O)O)cc1[N+](=O)[O-]. The normalized spacial score (nSPS) is 11.3. The van der Waals surface area contributed by atoms with E-state index in [0.29, 0.717) is 6.54 Å². The number of aromatic nitrogens is 1. The number of rotatable bonds is 8. The Balaban J connectivity index is 3.32. The summed E-state index contributed by atoms with van der Waals surface area (Å²) in [6.45, 7) is -0.957. The first-order valence-corrected chi connectivity index (χ1v) is 7.15. The van der Waals surface area contributed by atoms with E-state index < -0.39 is 41.1 Å². The van der Waals surface area contributed by atoms with E-state index in [1.807, 2.05) is 0 Å². The van der Waals surface area contributed by atoms with Crippen molar-refractivity contribution in [1.82, 2.24) is 9.88 Å². The van der Waals surface area contributed by atoms with Gasteiger partial charge >= 0.3 is 18.0 Å². The fraction of sp³-hybridized carbons (Fsp3) is 0.538. The summed E-state index contributed by atoms with van der Waals surface area (Å²) in [5.41, 5.74) is -1.13. The molecule has 10 nitrogen and oxygen atoms in total. The lowest BCUT2D eigenvalue weighted by atomic mass is 10.3. The van der Waals surface area contributed by atoms with Crippen LogP contribution in [0.5, 0.6) is 5.88 Å². The summed E-state index contributed by atoms with van der Waals surface area (Å²) in [6.07, 6.45) is -6.33. The lowest BCUT2D eigenvalue weighted by Crippen LogP contribution is -2.30. The summed E-state index contributed by atoms with van der Waals surface area (Å²) in [6, 6.07) is 0.772. The first-order chi connectivity index (χ1) is 11.9. The van der Waals surface area contributed by atoms with Crippen molar-refractivity contribution in [3.05, 3.63) is 16.2 Å². The van der Waals surface area contributed by atoms with Gasteiger partial charge < -0.3 is 19.6 Å². The number of carboxylic acid groups (broad SMARTS) is 1. The highest BCUT2D eigenvalue weighted by Gasteiger charge is 2.31. The Labute approximate surface area is 146 Å². The van der Waals surface area contributed by atoms with Crippen molar-refractivity contribution in [2.24, 2.45) is 0 Å². The molecule has 0 atom stereocenters. The number of nitrogens with zero attached hydrogens (tertiary/aromatic N) is 4. The maximum absolute atomic E-state index is 12.4. The Morgan fingerprint density at radius 2 is 2.00 bits per heavy atom. The predicted molar refractivity (Wildman–Crippen MR) is 85.9 cm³/mol. The van der Waals surface area contributed by atoms with Gasteiger partial charge in [-0.3, -0.25) is 15.4 Å². The van der Waals surface area contributed by atoms with Gasteiger partial charge in [0.15, 0.2) is 6.61 Å². The van der Waals surface area contributed by atoms with Crippen molar-refractivity contribution >= 4 is 23.3 Å². The maximum Gasteiger partial charge on any atom is 0.422 e. The van der Waals surface area contributed by atoms with E-state index >= 15 is 0 Å². The Hall–Kier alpha value is -2.83. The van der Waals surface area contributed by atoms with Gasteiger partial charge in [0.25, 0.3) is 0 Å². The highest BCUT2D eigenvalue weighted by Crippen LogP contribution is 2.35. The monoisotopic (exact) mass is 381 g/mol. The number of pyridine rings is 1. The summed E-state index contributed by atoms with van der Waals surface area (Å²) >= 11 is 0. The zero-order chi connectivity index (χ0) is 20.1. The van der Waals surface area contributed by atoms with Gasteiger partial charge in [0, 0.05) is 26.2 Å². The van der Waals surface area contributed by atoms with Crippen LogP contribution in [0, 0.1) is 10.1 Å². The molecule has 146 valence electrons. The molecule has 26 heavy (non-hydrogen) atoms. The van der Waals surface area contributed by atoms with E-state index in [-0.39, 0.29) is 12.4 Å². The van der Waals surface area contributed by atoms with Gasteiger partial charge in [0.05, 0.1) is 4.92 Å². The molecule has 1 rings (SSSR count). The molecule has 1 aromatic rings. The lowest BCUT2D eigenvalue weighted by Gasteiger charge is -2.22. The minimum Gasteiger partial charge on any atom is -0.466 e. The molecule has 0 spiro atoms. The number of ether oxygens (including phenoxy) is 1. The van der Waals surface area contributed by atoms with E-state index in [1.54, 1.807) is 24.3 Å². The van der Waals surface area contributed by atoms with Crippen molar-refractivity contribution < 1.29 is 32.7 Å². The largest absolute Gasteiger partial charge is 0.466 e. The van der Waals surface area contributed by atoms with Crippen LogP contribution < -0.4 is 15.0 Å². The first-order valence-electron chi connectivity index (χ1n) is 7.15. The molecule has 0 aliphatic rings. The number of hydrogen-bond donors (Lipinski definition) is 2. The number of nitrogens with one attached hydrogen (secondary N) is 1. The van der Waals surface area contributed by atoms with Gasteiger partial charge in [0.1, 0.15) is 5.69 Å². The third-order valence-corrected chi connectivity index (χ3v) is 3.00. The molecule has 1 aromatic heterocycles. The Morgan fingerprint density at radius 3 is 2.46 bits per heavy atom. The van der Waals surface area contributed by atoms with Crippen LogP contribution in [0.3, 0.4) is 0 Å². The number of likely N-dealkylation sites (N-methyl/N-ethyl adjacent to an activating group) is 2. The number of alkyl halides is 3. The molecule has 0 saturated heterocycles. The van der Waals surface area contributed by atoms with Crippen molar-refractivity contribution in [2.75, 3.05) is 51.1 Å². The van der Waals surface area contributed by atoms with Crippen LogP contribution in [0.25, 0.3) is 0 Å². The van der Waals surface area contributed by atoms with Gasteiger partial charge in [-0.2, -0.15) is 18.2 Å². The van der Waals surface area contributed by atoms with Crippen LogP contribution in [0.15, 0.2) is 6.07 Å². The molecule has 0 aromatic carbocycles. The zero-order valence-electron chi connectivity index (χ0n) is 14.2. The average Bonchev–Trinajstić information content (AvgIpc) is 2.49. The number of hydrogen-bond acceptors (Lipinski definition) is 7. The molecule has 1 heterocycles. The van der Waals surface area contributed by atoms with Crippen molar-refractivity contribution in [3.8, 4) is 5.88 Å². The second-order valence-corrected chi connectivity index (χ2v) is 5.50. The summed E-state index contributed by atoms with van der Waals surface area (Å²) < 4.78 is 41.7. The Morgan fingerprint density at radius 1 is 1.38 bits per heavy atom. The Kier molecular flexibility index (Phi) is 6.94. The smallest absolute Gasteiger partial charge is 0.422 e. The lowest BCUT2D eigenvalue weighted by molar-refractivity contribution is -0.384. The summed E-state index contributed by atoms with van der Waals surface area (Å²) in [7, 11) is 5.01. The molecular weight excluding hydrogens is 363 g/mol. The highest BCUT2D eigenvalue weighted by atomic mass is 19.4. The number of amides is 1. The van der Waals surface area contributed by atoms with Crippen molar-refractivity contribution in [3.63, 3.8) is 0 Å². The molecule has 0 aliphatic heterocycles. The zero-order valence-corrected chi connectivity index (χ0v) is 14.2. The van der Waals surface area contributed by atoms with Gasteiger partial charge in [0.2, 0.25) is 11.7 Å². The van der Waals surface area contributed by atoms with Gasteiger partial charge in [-0.15, -0.1) is 0 Å². The van der Waals surface area contributed by atoms with Crippen LogP contribution >= 0.6 is 0 Å². The average molecular weight is 381 g/mol. The molecule has 13 heteroatoms. The van der Waals surface area contributed by atoms with Crippen LogP contribution in [0.1, 0.15) is 0 Å². The standard InChI is InChI=1S/C13H18F3N5O5/c1-19(2)4-5-20(3)10-9(21(24)25)6-8(17-12(22)23)11(18-10)26-7-13(14,15)16/h6,17H,4-5,7H2,1-3H3,(H,22,23). The van der Waals surface area contributed by atoms with Gasteiger partial charge in [-0.1, -0.05) is 0 Å². The summed E-state index contributed by atoms with van der Waals surface area (Å²) in [5, 5.41) is 21.8. The summed E-state index contributed by atoms with van der Waals surface area (Å²) in [4.78, 5) is 28.2. The third kappa shape index (κ3) is 6.58. The Bertz CT molecular complexity index is 668. The molecular formula is C13H18F3N5O5. The number of anilines is 2. The topological polar surface area (TPSA) is 121 Å². The molecule has 0 radical (unpaired) electrons. The van der Waals surface area contributed by atoms with Gasteiger partial charge in [-0.05, 0) is 14.1 Å². The van der Waals surface area contributed by atoms with Crippen LogP contribution in [-0.2, 0) is 0 Å². The number of halogens is 3. The second-order valence-electron chi connectivity index (χ2n) is 5.50. The van der Waals surface area contributed by atoms with Crippen molar-refractivity contribution in [2.45, 2.75) is 6.18 Å². The van der Waals surface area contributed by atoms with Crippen LogP contribution in [0.4, 0.5) is 35.2 Å². The minimum absolute atomic E-state index is 0.245. The van der Waals surface area contributed by atoms with E-state index in [1.165, 1.54) is 11.9 Å². The molecule has 0 bridgehead atoms. The third-order valence-electron chi connectivity index (χ3n) is 3.00. The molecule has 0 saturated carbocycles. The molecule has 2 N–H and O–H groups in total. The number of carbonyl (C=O) groups is 1. The minimum atomic E-state index is -4.69. The molecule has 1 amide bonds. The quantitative estimate of drug-likeness (QED) is 0.518. The molecule has 0 unspecified atom stereocenters. The van der Waals surface area contributed by atoms with Crippen LogP contribution in [0.2, 0.25) is 0 Å². The first kappa shape index (κ1) is 21.2. The summed E-state index contributed by atoms with van der Waals surface area (Å²) in [5.74, 6) is -0.952.